The van der Waals surface area contributed by atoms with Gasteiger partial charge in [0.25, 0.3) is 0 Å². The van der Waals surface area contributed by atoms with Crippen molar-refractivity contribution in [2.75, 3.05) is 13.6 Å². The number of carbonyl (C=O) groups is 1. The normalized spacial score (nSPS) is 12.4. The number of rotatable bonds is 6. The highest BCUT2D eigenvalue weighted by atomic mass is 35.5. The highest BCUT2D eigenvalue weighted by Crippen LogP contribution is 2.18. The summed E-state index contributed by atoms with van der Waals surface area (Å²) in [4.78, 5) is 13.0. The molecule has 22 heavy (non-hydrogen) atoms. The number of hydrogen-bond donors (Lipinski definition) is 2. The number of amides is 1. The Morgan fingerprint density at radius 3 is 2.32 bits per heavy atom. The molecule has 0 bridgehead atoms. The van der Waals surface area contributed by atoms with Gasteiger partial charge in [-0.2, -0.15) is 0 Å². The fourth-order valence-corrected chi connectivity index (χ4v) is 2.36. The van der Waals surface area contributed by atoms with Crippen LogP contribution >= 0.6 is 11.6 Å². The van der Waals surface area contributed by atoms with Crippen molar-refractivity contribution in [3.63, 3.8) is 0 Å². The summed E-state index contributed by atoms with van der Waals surface area (Å²) >= 11 is 5.84. The minimum absolute atomic E-state index is 0.432. The number of carbonyl (C=O) groups excluding carboxylic acids is 1. The van der Waals surface area contributed by atoms with Crippen molar-refractivity contribution in [2.24, 2.45) is 5.73 Å². The maximum atomic E-state index is 11.0. The van der Waals surface area contributed by atoms with Crippen molar-refractivity contribution in [1.29, 1.82) is 0 Å². The van der Waals surface area contributed by atoms with Crippen LogP contribution in [0.2, 0.25) is 5.02 Å². The van der Waals surface area contributed by atoms with E-state index in [2.05, 4.69) is 0 Å². The lowest BCUT2D eigenvalue weighted by molar-refractivity contribution is 0.100. The first kappa shape index (κ1) is 16.5. The van der Waals surface area contributed by atoms with E-state index in [0.29, 0.717) is 23.7 Å². The third-order valence-electron chi connectivity index (χ3n) is 3.43. The van der Waals surface area contributed by atoms with Crippen LogP contribution in [0.5, 0.6) is 0 Å². The number of halogens is 1. The van der Waals surface area contributed by atoms with E-state index < -0.39 is 12.0 Å². The van der Waals surface area contributed by atoms with Gasteiger partial charge in [-0.05, 0) is 42.4 Å². The van der Waals surface area contributed by atoms with Gasteiger partial charge in [0, 0.05) is 23.7 Å². The van der Waals surface area contributed by atoms with E-state index in [4.69, 9.17) is 17.3 Å². The van der Waals surface area contributed by atoms with Gasteiger partial charge < -0.3 is 10.8 Å². The van der Waals surface area contributed by atoms with Crippen molar-refractivity contribution in [2.45, 2.75) is 12.6 Å². The first-order valence-electron chi connectivity index (χ1n) is 6.96. The number of hydrogen-bond acceptors (Lipinski definition) is 3. The molecule has 0 unspecified atom stereocenters. The van der Waals surface area contributed by atoms with E-state index in [1.807, 2.05) is 36.2 Å². The van der Waals surface area contributed by atoms with Crippen LogP contribution in [0.25, 0.3) is 0 Å². The van der Waals surface area contributed by atoms with Crippen molar-refractivity contribution in [1.82, 2.24) is 4.90 Å². The molecule has 2 rings (SSSR count). The van der Waals surface area contributed by atoms with Crippen LogP contribution in [-0.2, 0) is 6.54 Å². The maximum Gasteiger partial charge on any atom is 0.248 e. The summed E-state index contributed by atoms with van der Waals surface area (Å²) in [7, 11) is 1.93. The molecule has 0 spiro atoms. The van der Waals surface area contributed by atoms with E-state index in [0.717, 1.165) is 11.1 Å². The number of nitrogens with zero attached hydrogens (tertiary/aromatic N) is 1. The molecule has 2 aromatic rings. The molecule has 0 saturated heterocycles. The zero-order chi connectivity index (χ0) is 16.1. The highest BCUT2D eigenvalue weighted by Gasteiger charge is 2.11. The number of nitrogens with two attached hydrogens (primary N) is 1. The molecule has 0 fully saturated rings. The quantitative estimate of drug-likeness (QED) is 0.860. The predicted octanol–water partition coefficient (Wildman–Crippen LogP) is 2.60. The number of aliphatic hydroxyl groups excluding tert-OH is 1. The Bertz CT molecular complexity index is 626. The Labute approximate surface area is 135 Å². The lowest BCUT2D eigenvalue weighted by atomic mass is 10.1. The van der Waals surface area contributed by atoms with Crippen molar-refractivity contribution in [3.05, 3.63) is 70.2 Å². The summed E-state index contributed by atoms with van der Waals surface area (Å²) in [6.45, 7) is 1.17. The molecule has 0 aliphatic carbocycles. The van der Waals surface area contributed by atoms with Gasteiger partial charge in [0.15, 0.2) is 0 Å². The average Bonchev–Trinajstić information content (AvgIpc) is 2.48. The summed E-state index contributed by atoms with van der Waals surface area (Å²) in [6.07, 6.45) is -0.577. The average molecular weight is 319 g/mol. The first-order chi connectivity index (χ1) is 10.5. The summed E-state index contributed by atoms with van der Waals surface area (Å²) in [6, 6.07) is 14.3. The Kier molecular flexibility index (Phi) is 5.55. The topological polar surface area (TPSA) is 66.6 Å². The van der Waals surface area contributed by atoms with Gasteiger partial charge in [-0.15, -0.1) is 0 Å². The van der Waals surface area contributed by atoms with Crippen LogP contribution in [0, 0.1) is 0 Å². The smallest absolute Gasteiger partial charge is 0.248 e. The van der Waals surface area contributed by atoms with Gasteiger partial charge in [0.1, 0.15) is 0 Å². The first-order valence-corrected chi connectivity index (χ1v) is 7.34. The molecule has 0 aliphatic heterocycles. The third kappa shape index (κ3) is 4.56. The van der Waals surface area contributed by atoms with E-state index in [1.165, 1.54) is 0 Å². The molecule has 2 aromatic carbocycles. The third-order valence-corrected chi connectivity index (χ3v) is 3.68. The predicted molar refractivity (Wildman–Crippen MR) is 87.7 cm³/mol. The molecular formula is C17H19ClN2O2. The van der Waals surface area contributed by atoms with E-state index in [1.54, 1.807) is 24.3 Å². The SMILES string of the molecule is CN(Cc1ccc(C(N)=O)cc1)C[C@H](O)c1ccc(Cl)cc1. The van der Waals surface area contributed by atoms with Crippen LogP contribution < -0.4 is 5.73 Å². The lowest BCUT2D eigenvalue weighted by Crippen LogP contribution is -2.24. The second-order valence-corrected chi connectivity index (χ2v) is 5.76. The van der Waals surface area contributed by atoms with E-state index in [9.17, 15) is 9.90 Å². The zero-order valence-corrected chi connectivity index (χ0v) is 13.1. The Hall–Kier alpha value is -1.88. The molecule has 0 heterocycles. The van der Waals surface area contributed by atoms with Gasteiger partial charge in [-0.25, -0.2) is 0 Å². The molecule has 4 nitrogen and oxygen atoms in total. The largest absolute Gasteiger partial charge is 0.387 e. The van der Waals surface area contributed by atoms with Crippen molar-refractivity contribution < 1.29 is 9.90 Å². The lowest BCUT2D eigenvalue weighted by Gasteiger charge is -2.21. The summed E-state index contributed by atoms with van der Waals surface area (Å²) in [5.41, 5.74) is 7.59. The summed E-state index contributed by atoms with van der Waals surface area (Å²) < 4.78 is 0. The molecule has 3 N–H and O–H groups in total. The summed E-state index contributed by atoms with van der Waals surface area (Å²) in [5.74, 6) is -0.432. The molecule has 1 amide bonds. The molecular weight excluding hydrogens is 300 g/mol. The van der Waals surface area contributed by atoms with Gasteiger partial charge >= 0.3 is 0 Å². The Morgan fingerprint density at radius 1 is 1.18 bits per heavy atom. The second kappa shape index (κ2) is 7.40. The number of likely N-dealkylation sites (N-methyl/N-ethyl adjacent to an activating group) is 1. The van der Waals surface area contributed by atoms with E-state index in [-0.39, 0.29) is 0 Å². The fraction of sp³-hybridized carbons (Fsp3) is 0.235. The van der Waals surface area contributed by atoms with Crippen LogP contribution in [0.15, 0.2) is 48.5 Å². The van der Waals surface area contributed by atoms with Gasteiger partial charge in [-0.1, -0.05) is 35.9 Å². The number of aliphatic hydroxyl groups is 1. The minimum Gasteiger partial charge on any atom is -0.387 e. The van der Waals surface area contributed by atoms with Crippen LogP contribution in [0.1, 0.15) is 27.6 Å². The minimum atomic E-state index is -0.577. The zero-order valence-electron chi connectivity index (χ0n) is 12.4. The highest BCUT2D eigenvalue weighted by molar-refractivity contribution is 6.30. The van der Waals surface area contributed by atoms with Crippen LogP contribution in [-0.4, -0.2) is 29.5 Å². The molecule has 0 radical (unpaired) electrons. The van der Waals surface area contributed by atoms with Gasteiger partial charge in [-0.3, -0.25) is 9.69 Å². The molecule has 116 valence electrons. The second-order valence-electron chi connectivity index (χ2n) is 5.33. The van der Waals surface area contributed by atoms with Crippen LogP contribution in [0.4, 0.5) is 0 Å². The van der Waals surface area contributed by atoms with E-state index >= 15 is 0 Å². The van der Waals surface area contributed by atoms with Gasteiger partial charge in [0.05, 0.1) is 6.10 Å². The molecule has 0 aromatic heterocycles. The molecule has 0 aliphatic rings. The Balaban J connectivity index is 1.93. The Morgan fingerprint density at radius 2 is 1.77 bits per heavy atom. The number of benzene rings is 2. The number of primary amides is 1. The van der Waals surface area contributed by atoms with Crippen molar-refractivity contribution >= 4 is 17.5 Å². The van der Waals surface area contributed by atoms with Crippen LogP contribution in [0.3, 0.4) is 0 Å². The molecule has 5 heteroatoms. The molecule has 1 atom stereocenters. The standard InChI is InChI=1S/C17H19ClN2O2/c1-20(10-12-2-4-14(5-3-12)17(19)22)11-16(21)13-6-8-15(18)9-7-13/h2-9,16,21H,10-11H2,1H3,(H2,19,22)/t16-/m0/s1. The fourth-order valence-electron chi connectivity index (χ4n) is 2.24. The van der Waals surface area contributed by atoms with Gasteiger partial charge in [0.2, 0.25) is 5.91 Å². The molecule has 0 saturated carbocycles. The maximum absolute atomic E-state index is 11.0. The van der Waals surface area contributed by atoms with Crippen molar-refractivity contribution in [3.8, 4) is 0 Å². The monoisotopic (exact) mass is 318 g/mol. The summed E-state index contributed by atoms with van der Waals surface area (Å²) in [5, 5.41) is 10.9.